The molecule has 3 rings (SSSR count). The van der Waals surface area contributed by atoms with Crippen molar-refractivity contribution in [2.75, 3.05) is 6.61 Å². The van der Waals surface area contributed by atoms with Crippen molar-refractivity contribution >= 4 is 6.08 Å². The van der Waals surface area contributed by atoms with E-state index in [4.69, 9.17) is 4.74 Å². The van der Waals surface area contributed by atoms with E-state index in [-0.39, 0.29) is 0 Å². The first-order chi connectivity index (χ1) is 12.3. The van der Waals surface area contributed by atoms with Crippen LogP contribution in [-0.2, 0) is 11.3 Å². The largest absolute Gasteiger partial charge is 0.377 e. The molecule has 0 saturated heterocycles. The SMILES string of the molecule is CC=Cc1ccc(-c2ccc(-c3ccc(COCC)cc3)cc2)cc1. The molecule has 0 aliphatic heterocycles. The molecule has 0 fully saturated rings. The van der Waals surface area contributed by atoms with Gasteiger partial charge in [0.2, 0.25) is 0 Å². The van der Waals surface area contributed by atoms with Crippen molar-refractivity contribution in [2.24, 2.45) is 0 Å². The fourth-order valence-electron chi connectivity index (χ4n) is 2.85. The fourth-order valence-corrected chi connectivity index (χ4v) is 2.85. The van der Waals surface area contributed by atoms with Crippen LogP contribution in [-0.4, -0.2) is 6.61 Å². The molecule has 3 aromatic rings. The molecule has 0 spiro atoms. The predicted molar refractivity (Wildman–Crippen MR) is 107 cm³/mol. The van der Waals surface area contributed by atoms with Crippen LogP contribution in [0, 0.1) is 0 Å². The topological polar surface area (TPSA) is 9.23 Å². The van der Waals surface area contributed by atoms with E-state index in [1.54, 1.807) is 0 Å². The summed E-state index contributed by atoms with van der Waals surface area (Å²) in [6, 6.07) is 26.0. The van der Waals surface area contributed by atoms with E-state index >= 15 is 0 Å². The highest BCUT2D eigenvalue weighted by molar-refractivity contribution is 5.71. The third kappa shape index (κ3) is 4.46. The molecular formula is C24H24O. The highest BCUT2D eigenvalue weighted by Gasteiger charge is 2.01. The van der Waals surface area contributed by atoms with E-state index in [2.05, 4.69) is 84.9 Å². The second kappa shape index (κ2) is 8.46. The fraction of sp³-hybridized carbons (Fsp3) is 0.167. The number of hydrogen-bond donors (Lipinski definition) is 0. The highest BCUT2D eigenvalue weighted by atomic mass is 16.5. The van der Waals surface area contributed by atoms with E-state index in [0.717, 1.165) is 6.61 Å². The van der Waals surface area contributed by atoms with Gasteiger partial charge in [-0.05, 0) is 47.2 Å². The molecule has 1 nitrogen and oxygen atoms in total. The first-order valence-electron chi connectivity index (χ1n) is 8.80. The summed E-state index contributed by atoms with van der Waals surface area (Å²) in [6.07, 6.45) is 4.17. The van der Waals surface area contributed by atoms with E-state index in [1.807, 2.05) is 13.8 Å². The van der Waals surface area contributed by atoms with Gasteiger partial charge in [-0.1, -0.05) is 84.9 Å². The van der Waals surface area contributed by atoms with Gasteiger partial charge in [0.25, 0.3) is 0 Å². The van der Waals surface area contributed by atoms with Gasteiger partial charge < -0.3 is 4.74 Å². The molecule has 126 valence electrons. The second-order valence-corrected chi connectivity index (χ2v) is 6.03. The first-order valence-corrected chi connectivity index (χ1v) is 8.80. The summed E-state index contributed by atoms with van der Waals surface area (Å²) in [4.78, 5) is 0. The maximum atomic E-state index is 5.45. The summed E-state index contributed by atoms with van der Waals surface area (Å²) in [5, 5.41) is 0. The third-order valence-corrected chi connectivity index (χ3v) is 4.25. The number of ether oxygens (including phenoxy) is 1. The zero-order chi connectivity index (χ0) is 17.5. The minimum atomic E-state index is 0.679. The van der Waals surface area contributed by atoms with Gasteiger partial charge in [0.1, 0.15) is 0 Å². The highest BCUT2D eigenvalue weighted by Crippen LogP contribution is 2.25. The summed E-state index contributed by atoms with van der Waals surface area (Å²) in [6.45, 7) is 5.48. The molecule has 0 aromatic heterocycles. The normalized spacial score (nSPS) is 11.1. The van der Waals surface area contributed by atoms with Gasteiger partial charge in [-0.25, -0.2) is 0 Å². The predicted octanol–water partition coefficient (Wildman–Crippen LogP) is 6.59. The lowest BCUT2D eigenvalue weighted by molar-refractivity contribution is 0.134. The molecule has 3 aromatic carbocycles. The summed E-state index contributed by atoms with van der Waals surface area (Å²) < 4.78 is 5.45. The number of rotatable bonds is 6. The van der Waals surface area contributed by atoms with E-state index in [9.17, 15) is 0 Å². The van der Waals surface area contributed by atoms with Gasteiger partial charge >= 0.3 is 0 Å². The Morgan fingerprint density at radius 2 is 1.12 bits per heavy atom. The standard InChI is InChI=1S/C24H24O/c1-3-5-19-6-10-21(11-7-19)23-14-16-24(17-15-23)22-12-8-20(9-13-22)18-25-4-2/h3,5-17H,4,18H2,1-2H3. The van der Waals surface area contributed by atoms with Gasteiger partial charge in [0, 0.05) is 6.61 Å². The Balaban J connectivity index is 1.75. The second-order valence-electron chi connectivity index (χ2n) is 6.03. The Hall–Kier alpha value is -2.64. The Morgan fingerprint density at radius 1 is 0.680 bits per heavy atom. The van der Waals surface area contributed by atoms with Crippen LogP contribution in [0.1, 0.15) is 25.0 Å². The average molecular weight is 328 g/mol. The van der Waals surface area contributed by atoms with Crippen molar-refractivity contribution in [1.29, 1.82) is 0 Å². The van der Waals surface area contributed by atoms with E-state index in [1.165, 1.54) is 33.4 Å². The zero-order valence-electron chi connectivity index (χ0n) is 14.9. The third-order valence-electron chi connectivity index (χ3n) is 4.25. The van der Waals surface area contributed by atoms with Crippen molar-refractivity contribution in [3.05, 3.63) is 90.0 Å². The van der Waals surface area contributed by atoms with Crippen LogP contribution in [0.15, 0.2) is 78.9 Å². The molecule has 0 N–H and O–H groups in total. The smallest absolute Gasteiger partial charge is 0.0716 e. The van der Waals surface area contributed by atoms with E-state index in [0.29, 0.717) is 6.61 Å². The maximum absolute atomic E-state index is 5.45. The molecule has 0 amide bonds. The molecule has 25 heavy (non-hydrogen) atoms. The molecule has 1 heteroatoms. The summed E-state index contributed by atoms with van der Waals surface area (Å²) >= 11 is 0. The van der Waals surface area contributed by atoms with Crippen LogP contribution in [0.5, 0.6) is 0 Å². The Morgan fingerprint density at radius 3 is 1.56 bits per heavy atom. The van der Waals surface area contributed by atoms with Crippen molar-refractivity contribution in [2.45, 2.75) is 20.5 Å². The van der Waals surface area contributed by atoms with Gasteiger partial charge in [-0.2, -0.15) is 0 Å². The van der Waals surface area contributed by atoms with Crippen LogP contribution >= 0.6 is 0 Å². The molecule has 0 aliphatic carbocycles. The Labute approximate surface area is 150 Å². The van der Waals surface area contributed by atoms with Gasteiger partial charge in [-0.3, -0.25) is 0 Å². The quantitative estimate of drug-likeness (QED) is 0.496. The van der Waals surface area contributed by atoms with Crippen molar-refractivity contribution < 1.29 is 4.74 Å². The Bertz CT molecular complexity index is 809. The zero-order valence-corrected chi connectivity index (χ0v) is 14.9. The van der Waals surface area contributed by atoms with Gasteiger partial charge in [0.05, 0.1) is 6.61 Å². The lowest BCUT2D eigenvalue weighted by Gasteiger charge is -2.07. The number of benzene rings is 3. The lowest BCUT2D eigenvalue weighted by Crippen LogP contribution is -1.91. The monoisotopic (exact) mass is 328 g/mol. The minimum Gasteiger partial charge on any atom is -0.377 e. The minimum absolute atomic E-state index is 0.679. The molecule has 0 radical (unpaired) electrons. The molecule has 0 unspecified atom stereocenters. The van der Waals surface area contributed by atoms with Crippen LogP contribution in [0.4, 0.5) is 0 Å². The summed E-state index contributed by atoms with van der Waals surface area (Å²) in [5.41, 5.74) is 7.39. The van der Waals surface area contributed by atoms with Gasteiger partial charge in [-0.15, -0.1) is 0 Å². The summed E-state index contributed by atoms with van der Waals surface area (Å²) in [5.74, 6) is 0. The Kier molecular flexibility index (Phi) is 5.81. The number of allylic oxidation sites excluding steroid dienone is 1. The van der Waals surface area contributed by atoms with Crippen LogP contribution in [0.25, 0.3) is 28.3 Å². The van der Waals surface area contributed by atoms with E-state index < -0.39 is 0 Å². The van der Waals surface area contributed by atoms with Crippen molar-refractivity contribution in [3.8, 4) is 22.3 Å². The lowest BCUT2D eigenvalue weighted by atomic mass is 9.99. The molecule has 0 saturated carbocycles. The molecule has 0 bridgehead atoms. The van der Waals surface area contributed by atoms with Crippen molar-refractivity contribution in [1.82, 2.24) is 0 Å². The molecule has 0 atom stereocenters. The molecule has 0 heterocycles. The van der Waals surface area contributed by atoms with Crippen molar-refractivity contribution in [3.63, 3.8) is 0 Å². The van der Waals surface area contributed by atoms with Gasteiger partial charge in [0.15, 0.2) is 0 Å². The van der Waals surface area contributed by atoms with Crippen LogP contribution in [0.3, 0.4) is 0 Å². The average Bonchev–Trinajstić information content (AvgIpc) is 2.68. The van der Waals surface area contributed by atoms with Crippen LogP contribution < -0.4 is 0 Å². The molecule has 0 aliphatic rings. The first kappa shape index (κ1) is 17.2. The maximum Gasteiger partial charge on any atom is 0.0716 e. The molecular weight excluding hydrogens is 304 g/mol. The number of hydrogen-bond acceptors (Lipinski definition) is 1. The summed E-state index contributed by atoms with van der Waals surface area (Å²) in [7, 11) is 0. The van der Waals surface area contributed by atoms with Crippen LogP contribution in [0.2, 0.25) is 0 Å².